The van der Waals surface area contributed by atoms with E-state index >= 15 is 0 Å². The molecule has 1 aliphatic rings. The minimum atomic E-state index is -0.609. The highest BCUT2D eigenvalue weighted by molar-refractivity contribution is 6.36. The lowest BCUT2D eigenvalue weighted by Crippen LogP contribution is -2.37. The van der Waals surface area contributed by atoms with E-state index in [1.807, 2.05) is 60.6 Å². The summed E-state index contributed by atoms with van der Waals surface area (Å²) in [4.78, 5) is 28.0. The molecule has 7 heteroatoms. The van der Waals surface area contributed by atoms with Crippen LogP contribution in [0.1, 0.15) is 86.5 Å². The Bertz CT molecular complexity index is 1410. The molecule has 1 aliphatic heterocycles. The fourth-order valence-electron chi connectivity index (χ4n) is 5.80. The number of rotatable bonds is 4. The van der Waals surface area contributed by atoms with Gasteiger partial charge in [-0.25, -0.2) is 9.59 Å². The van der Waals surface area contributed by atoms with Gasteiger partial charge in [-0.2, -0.15) is 0 Å². The minimum Gasteiger partial charge on any atom is -0.456 e. The summed E-state index contributed by atoms with van der Waals surface area (Å²) in [5.41, 5.74) is 4.78. The average molecular weight is 567 g/mol. The lowest BCUT2D eigenvalue weighted by atomic mass is 9.76. The smallest absolute Gasteiger partial charge is 0.419 e. The Labute approximate surface area is 243 Å². The number of likely N-dealkylation sites (tertiary alicyclic amines) is 1. The third kappa shape index (κ3) is 6.72. The summed E-state index contributed by atoms with van der Waals surface area (Å²) in [6, 6.07) is 10.0. The Hall–Kier alpha value is -2.83. The summed E-state index contributed by atoms with van der Waals surface area (Å²) in [6.45, 7) is 17.3. The van der Waals surface area contributed by atoms with Crippen molar-refractivity contribution >= 4 is 34.6 Å². The van der Waals surface area contributed by atoms with Crippen LogP contribution in [0.2, 0.25) is 5.02 Å². The van der Waals surface area contributed by atoms with Crippen LogP contribution >= 0.6 is 11.6 Å². The fraction of sp³-hybridized carbons (Fsp3) is 0.515. The Kier molecular flexibility index (Phi) is 8.45. The van der Waals surface area contributed by atoms with E-state index in [4.69, 9.17) is 21.1 Å². The van der Waals surface area contributed by atoms with Crippen molar-refractivity contribution in [3.05, 3.63) is 69.4 Å². The summed E-state index contributed by atoms with van der Waals surface area (Å²) in [6.07, 6.45) is 3.14. The molecule has 4 rings (SSSR count). The molecule has 0 amide bonds. The van der Waals surface area contributed by atoms with Crippen LogP contribution in [0.3, 0.4) is 0 Å². The molecule has 0 radical (unpaired) electrons. The molecule has 6 nitrogen and oxygen atoms in total. The van der Waals surface area contributed by atoms with E-state index in [0.29, 0.717) is 16.5 Å². The van der Waals surface area contributed by atoms with Gasteiger partial charge in [0.1, 0.15) is 11.2 Å². The van der Waals surface area contributed by atoms with Crippen molar-refractivity contribution in [2.24, 2.45) is 5.92 Å². The van der Waals surface area contributed by atoms with Crippen molar-refractivity contribution in [1.82, 2.24) is 9.47 Å². The standard InChI is InChI=1S/C33H43ClN2O4/c1-20-16-21(2)29-28(27(34)19-36(29)31(38)40-33(6,7)8)25(20)17-24-14-15-35(9)18-26(24)22-10-12-23(13-11-22)30(37)39-32(3,4)5/h10-13,16,19,24,26H,14-15,17-18H2,1-9H3/t24-,26-/m0/s1. The van der Waals surface area contributed by atoms with Crippen molar-refractivity contribution in [2.45, 2.75) is 85.4 Å². The molecule has 216 valence electrons. The van der Waals surface area contributed by atoms with Gasteiger partial charge >= 0.3 is 12.1 Å². The van der Waals surface area contributed by atoms with E-state index < -0.39 is 17.3 Å². The molecule has 1 saturated heterocycles. The zero-order chi connectivity index (χ0) is 29.6. The third-order valence-electron chi connectivity index (χ3n) is 7.53. The average Bonchev–Trinajstić information content (AvgIpc) is 3.18. The molecule has 0 aliphatic carbocycles. The summed E-state index contributed by atoms with van der Waals surface area (Å²) >= 11 is 6.85. The summed E-state index contributed by atoms with van der Waals surface area (Å²) in [5, 5.41) is 1.50. The number of benzene rings is 2. The quantitative estimate of drug-likeness (QED) is 0.300. The topological polar surface area (TPSA) is 60.8 Å². The lowest BCUT2D eigenvalue weighted by Gasteiger charge is -2.38. The molecular weight excluding hydrogens is 524 g/mol. The van der Waals surface area contributed by atoms with Gasteiger partial charge in [-0.05, 0) is 128 Å². The number of aromatic nitrogens is 1. The molecule has 1 aromatic heterocycles. The molecule has 0 saturated carbocycles. The van der Waals surface area contributed by atoms with E-state index in [9.17, 15) is 9.59 Å². The van der Waals surface area contributed by atoms with Gasteiger partial charge in [-0.15, -0.1) is 0 Å². The number of hydrogen-bond acceptors (Lipinski definition) is 5. The number of hydrogen-bond donors (Lipinski definition) is 0. The van der Waals surface area contributed by atoms with Gasteiger partial charge in [0, 0.05) is 18.1 Å². The van der Waals surface area contributed by atoms with Crippen LogP contribution in [0.25, 0.3) is 10.9 Å². The summed E-state index contributed by atoms with van der Waals surface area (Å²) in [7, 11) is 2.16. The summed E-state index contributed by atoms with van der Waals surface area (Å²) in [5.74, 6) is 0.348. The number of aryl methyl sites for hydroxylation is 2. The normalized spacial score (nSPS) is 18.6. The largest absolute Gasteiger partial charge is 0.456 e. The highest BCUT2D eigenvalue weighted by atomic mass is 35.5. The van der Waals surface area contributed by atoms with Gasteiger partial charge in [-0.1, -0.05) is 29.8 Å². The van der Waals surface area contributed by atoms with Crippen LogP contribution in [-0.2, 0) is 15.9 Å². The van der Waals surface area contributed by atoms with Crippen LogP contribution in [0, 0.1) is 19.8 Å². The van der Waals surface area contributed by atoms with E-state index in [-0.39, 0.29) is 11.9 Å². The molecule has 0 N–H and O–H groups in total. The highest BCUT2D eigenvalue weighted by Gasteiger charge is 2.32. The van der Waals surface area contributed by atoms with E-state index in [0.717, 1.165) is 42.4 Å². The lowest BCUT2D eigenvalue weighted by molar-refractivity contribution is 0.00691. The number of carbonyl (C=O) groups excluding carboxylic acids is 2. The molecule has 3 aromatic rings. The van der Waals surface area contributed by atoms with E-state index in [1.165, 1.54) is 16.7 Å². The van der Waals surface area contributed by atoms with Crippen molar-refractivity contribution in [3.63, 3.8) is 0 Å². The second-order valence-corrected chi connectivity index (χ2v) is 13.7. The predicted octanol–water partition coefficient (Wildman–Crippen LogP) is 7.93. The number of nitrogens with zero attached hydrogens (tertiary/aromatic N) is 2. The molecule has 2 atom stereocenters. The zero-order valence-corrected chi connectivity index (χ0v) is 26.1. The first-order valence-electron chi connectivity index (χ1n) is 14.1. The monoisotopic (exact) mass is 566 g/mol. The number of esters is 1. The molecule has 0 unspecified atom stereocenters. The molecule has 2 aromatic carbocycles. The van der Waals surface area contributed by atoms with Gasteiger partial charge in [0.05, 0.1) is 16.1 Å². The van der Waals surface area contributed by atoms with Crippen molar-refractivity contribution in [1.29, 1.82) is 0 Å². The van der Waals surface area contributed by atoms with Crippen LogP contribution in [0.5, 0.6) is 0 Å². The van der Waals surface area contributed by atoms with Gasteiger partial charge in [-0.3, -0.25) is 4.57 Å². The Balaban J connectivity index is 1.69. The predicted molar refractivity (Wildman–Crippen MR) is 162 cm³/mol. The molecule has 0 spiro atoms. The van der Waals surface area contributed by atoms with Crippen LogP contribution in [0.15, 0.2) is 36.5 Å². The maximum absolute atomic E-state index is 13.1. The first-order valence-corrected chi connectivity index (χ1v) is 14.5. The van der Waals surface area contributed by atoms with Crippen molar-refractivity contribution in [2.75, 3.05) is 20.1 Å². The molecule has 2 heterocycles. The van der Waals surface area contributed by atoms with Crippen LogP contribution in [0.4, 0.5) is 4.79 Å². The second-order valence-electron chi connectivity index (χ2n) is 13.3. The van der Waals surface area contributed by atoms with E-state index in [2.05, 4.69) is 37.1 Å². The number of likely N-dealkylation sites (N-methyl/N-ethyl adjacent to an activating group) is 1. The van der Waals surface area contributed by atoms with Crippen LogP contribution < -0.4 is 0 Å². The Morgan fingerprint density at radius 1 is 0.975 bits per heavy atom. The molecular formula is C33H43ClN2O4. The first kappa shape index (κ1) is 30.1. The van der Waals surface area contributed by atoms with Gasteiger partial charge < -0.3 is 14.4 Å². The maximum Gasteiger partial charge on any atom is 0.419 e. The zero-order valence-electron chi connectivity index (χ0n) is 25.4. The molecule has 1 fully saturated rings. The molecule has 0 bridgehead atoms. The second kappa shape index (κ2) is 11.2. The minimum absolute atomic E-state index is 0.286. The number of ether oxygens (including phenoxy) is 2. The Morgan fingerprint density at radius 3 is 2.20 bits per heavy atom. The Morgan fingerprint density at radius 2 is 1.60 bits per heavy atom. The highest BCUT2D eigenvalue weighted by Crippen LogP contribution is 2.40. The van der Waals surface area contributed by atoms with Crippen molar-refractivity contribution < 1.29 is 19.1 Å². The number of halogens is 1. The third-order valence-corrected chi connectivity index (χ3v) is 7.82. The first-order chi connectivity index (χ1) is 18.5. The van der Waals surface area contributed by atoms with Gasteiger partial charge in [0.25, 0.3) is 0 Å². The van der Waals surface area contributed by atoms with Crippen LogP contribution in [-0.4, -0.2) is 52.9 Å². The number of fused-ring (bicyclic) bond motifs is 1. The van der Waals surface area contributed by atoms with Crippen molar-refractivity contribution in [3.8, 4) is 0 Å². The number of piperidine rings is 1. The van der Waals surface area contributed by atoms with E-state index in [1.54, 1.807) is 10.8 Å². The van der Waals surface area contributed by atoms with Gasteiger partial charge in [0.15, 0.2) is 0 Å². The maximum atomic E-state index is 13.1. The SMILES string of the molecule is Cc1cc(C)c2c(c(Cl)cn2C(=O)OC(C)(C)C)c1C[C@@H]1CCN(C)C[C@H]1c1ccc(C(=O)OC(C)(C)C)cc1. The fourth-order valence-corrected chi connectivity index (χ4v) is 6.10. The molecule has 40 heavy (non-hydrogen) atoms. The number of carbonyl (C=O) groups is 2. The van der Waals surface area contributed by atoms with Gasteiger partial charge in [0.2, 0.25) is 0 Å². The summed E-state index contributed by atoms with van der Waals surface area (Å²) < 4.78 is 12.8.